The Labute approximate surface area is 131 Å². The number of carbonyl (C=O) groups excluding carboxylic acids is 1. The third-order valence-electron chi connectivity index (χ3n) is 3.50. The molecule has 0 fully saturated rings. The molecule has 2 rings (SSSR count). The Morgan fingerprint density at radius 3 is 2.45 bits per heavy atom. The highest BCUT2D eigenvalue weighted by Gasteiger charge is 2.02. The molecule has 0 saturated carbocycles. The molecule has 22 heavy (non-hydrogen) atoms. The summed E-state index contributed by atoms with van der Waals surface area (Å²) in [7, 11) is 0. The normalized spacial score (nSPS) is 10.3. The summed E-state index contributed by atoms with van der Waals surface area (Å²) in [5.41, 5.74) is 4.03. The molecule has 2 aromatic rings. The number of hydrogen-bond acceptors (Lipinski definition) is 2. The number of aliphatic hydroxyl groups is 1. The Balaban J connectivity index is 1.77. The van der Waals surface area contributed by atoms with Gasteiger partial charge in [0.2, 0.25) is 0 Å². The summed E-state index contributed by atoms with van der Waals surface area (Å²) in [6.45, 7) is 2.71. The van der Waals surface area contributed by atoms with Gasteiger partial charge in [-0.2, -0.15) is 0 Å². The average molecular weight is 298 g/mol. The monoisotopic (exact) mass is 298 g/mol. The van der Waals surface area contributed by atoms with Crippen molar-refractivity contribution < 1.29 is 9.90 Å². The number of aliphatic hydroxyl groups excluding tert-OH is 1. The Bertz CT molecular complexity index is 609. The number of carbonyl (C=O) groups is 1. The second kappa shape index (κ2) is 8.20. The van der Waals surface area contributed by atoms with Gasteiger partial charge in [0.1, 0.15) is 0 Å². The zero-order chi connectivity index (χ0) is 15.8. The summed E-state index contributed by atoms with van der Waals surface area (Å²) in [5, 5.41) is 14.7. The predicted octanol–water partition coefficient (Wildman–Crippen LogP) is 3.11. The molecule has 116 valence electrons. The Hall–Kier alpha value is -2.33. The molecular formula is C18H22N2O2. The molecule has 0 aromatic heterocycles. The largest absolute Gasteiger partial charge is 0.392 e. The molecule has 2 aromatic carbocycles. The third kappa shape index (κ3) is 4.90. The zero-order valence-electron chi connectivity index (χ0n) is 12.8. The molecule has 0 spiro atoms. The molecule has 0 bridgehead atoms. The van der Waals surface area contributed by atoms with E-state index in [-0.39, 0.29) is 12.6 Å². The number of anilines is 1. The van der Waals surface area contributed by atoms with Gasteiger partial charge in [-0.25, -0.2) is 4.79 Å². The fourth-order valence-electron chi connectivity index (χ4n) is 2.18. The number of urea groups is 1. The maximum absolute atomic E-state index is 11.8. The van der Waals surface area contributed by atoms with Gasteiger partial charge in [0.25, 0.3) is 0 Å². The van der Waals surface area contributed by atoms with Crippen LogP contribution in [0, 0.1) is 0 Å². The van der Waals surface area contributed by atoms with E-state index >= 15 is 0 Å². The Morgan fingerprint density at radius 1 is 1.05 bits per heavy atom. The summed E-state index contributed by atoms with van der Waals surface area (Å²) in [5.74, 6) is 0. The van der Waals surface area contributed by atoms with Crippen molar-refractivity contribution in [2.24, 2.45) is 0 Å². The van der Waals surface area contributed by atoms with Gasteiger partial charge in [-0.15, -0.1) is 0 Å². The van der Waals surface area contributed by atoms with Crippen molar-refractivity contribution in [3.63, 3.8) is 0 Å². The van der Waals surface area contributed by atoms with E-state index in [0.29, 0.717) is 6.54 Å². The van der Waals surface area contributed by atoms with Crippen LogP contribution >= 0.6 is 0 Å². The van der Waals surface area contributed by atoms with Crippen LogP contribution in [0.2, 0.25) is 0 Å². The molecule has 0 aliphatic heterocycles. The smallest absolute Gasteiger partial charge is 0.319 e. The molecule has 0 radical (unpaired) electrons. The molecule has 4 heteroatoms. The van der Waals surface area contributed by atoms with Gasteiger partial charge < -0.3 is 15.7 Å². The van der Waals surface area contributed by atoms with Crippen molar-refractivity contribution >= 4 is 11.7 Å². The minimum Gasteiger partial charge on any atom is -0.392 e. The Morgan fingerprint density at radius 2 is 1.77 bits per heavy atom. The van der Waals surface area contributed by atoms with Crippen molar-refractivity contribution in [1.29, 1.82) is 0 Å². The van der Waals surface area contributed by atoms with Crippen molar-refractivity contribution in [3.05, 3.63) is 65.2 Å². The summed E-state index contributed by atoms with van der Waals surface area (Å²) in [6, 6.07) is 15.4. The number of amides is 2. The SMILES string of the molecule is CCc1cccc(NC(=O)NCCc2ccc(CO)cc2)c1. The second-order valence-electron chi connectivity index (χ2n) is 5.16. The van der Waals surface area contributed by atoms with Gasteiger partial charge in [-0.05, 0) is 41.7 Å². The van der Waals surface area contributed by atoms with Gasteiger partial charge in [0, 0.05) is 12.2 Å². The van der Waals surface area contributed by atoms with E-state index in [0.717, 1.165) is 29.7 Å². The summed E-state index contributed by atoms with van der Waals surface area (Å²) in [6.07, 6.45) is 1.70. The molecule has 0 saturated heterocycles. The fourth-order valence-corrected chi connectivity index (χ4v) is 2.18. The zero-order valence-corrected chi connectivity index (χ0v) is 12.8. The van der Waals surface area contributed by atoms with E-state index in [9.17, 15) is 4.79 Å². The molecule has 3 N–H and O–H groups in total. The average Bonchev–Trinajstić information content (AvgIpc) is 2.55. The van der Waals surface area contributed by atoms with Gasteiger partial charge >= 0.3 is 6.03 Å². The van der Waals surface area contributed by atoms with E-state index in [4.69, 9.17) is 5.11 Å². The van der Waals surface area contributed by atoms with Gasteiger partial charge in [0.05, 0.1) is 6.61 Å². The number of rotatable bonds is 6. The number of nitrogens with one attached hydrogen (secondary N) is 2. The van der Waals surface area contributed by atoms with Crippen LogP contribution in [0.5, 0.6) is 0 Å². The van der Waals surface area contributed by atoms with Crippen LogP contribution in [0.1, 0.15) is 23.6 Å². The lowest BCUT2D eigenvalue weighted by Gasteiger charge is -2.09. The first-order valence-corrected chi connectivity index (χ1v) is 7.53. The van der Waals surface area contributed by atoms with Gasteiger partial charge in [-0.3, -0.25) is 0 Å². The van der Waals surface area contributed by atoms with Crippen LogP contribution < -0.4 is 10.6 Å². The van der Waals surface area contributed by atoms with E-state index in [1.54, 1.807) is 0 Å². The van der Waals surface area contributed by atoms with Gasteiger partial charge in [0.15, 0.2) is 0 Å². The van der Waals surface area contributed by atoms with Crippen LogP contribution in [-0.2, 0) is 19.4 Å². The first-order valence-electron chi connectivity index (χ1n) is 7.53. The van der Waals surface area contributed by atoms with Crippen molar-refractivity contribution in [3.8, 4) is 0 Å². The summed E-state index contributed by atoms with van der Waals surface area (Å²) >= 11 is 0. The second-order valence-corrected chi connectivity index (χ2v) is 5.16. The lowest BCUT2D eigenvalue weighted by molar-refractivity contribution is 0.252. The minimum absolute atomic E-state index is 0.0533. The molecular weight excluding hydrogens is 276 g/mol. The molecule has 0 aliphatic rings. The van der Waals surface area contributed by atoms with Gasteiger partial charge in [-0.1, -0.05) is 43.3 Å². The fraction of sp³-hybridized carbons (Fsp3) is 0.278. The van der Waals surface area contributed by atoms with Crippen molar-refractivity contribution in [1.82, 2.24) is 5.32 Å². The van der Waals surface area contributed by atoms with Crippen molar-refractivity contribution in [2.45, 2.75) is 26.4 Å². The highest BCUT2D eigenvalue weighted by atomic mass is 16.3. The molecule has 0 atom stereocenters. The van der Waals surface area contributed by atoms with Crippen LogP contribution in [0.4, 0.5) is 10.5 Å². The third-order valence-corrected chi connectivity index (χ3v) is 3.50. The first kappa shape index (κ1) is 16.0. The summed E-state index contributed by atoms with van der Waals surface area (Å²) in [4.78, 5) is 11.8. The van der Waals surface area contributed by atoms with E-state index in [1.165, 1.54) is 5.56 Å². The number of benzene rings is 2. The summed E-state index contributed by atoms with van der Waals surface area (Å²) < 4.78 is 0. The quantitative estimate of drug-likeness (QED) is 0.767. The Kier molecular flexibility index (Phi) is 5.98. The molecule has 4 nitrogen and oxygen atoms in total. The maximum Gasteiger partial charge on any atom is 0.319 e. The van der Waals surface area contributed by atoms with E-state index in [1.807, 2.05) is 48.5 Å². The first-order chi connectivity index (χ1) is 10.7. The predicted molar refractivity (Wildman–Crippen MR) is 88.9 cm³/mol. The highest BCUT2D eigenvalue weighted by Crippen LogP contribution is 2.10. The number of aryl methyl sites for hydroxylation is 1. The van der Waals surface area contributed by atoms with Crippen LogP contribution in [0.25, 0.3) is 0 Å². The minimum atomic E-state index is -0.194. The van der Waals surface area contributed by atoms with E-state index < -0.39 is 0 Å². The topological polar surface area (TPSA) is 61.4 Å². The van der Waals surface area contributed by atoms with Crippen LogP contribution in [0.15, 0.2) is 48.5 Å². The standard InChI is InChI=1S/C18H22N2O2/c1-2-14-4-3-5-17(12-14)20-18(22)19-11-10-15-6-8-16(13-21)9-7-15/h3-9,12,21H,2,10-11,13H2,1H3,(H2,19,20,22). The molecule has 2 amide bonds. The molecule has 0 heterocycles. The lowest BCUT2D eigenvalue weighted by Crippen LogP contribution is -2.30. The highest BCUT2D eigenvalue weighted by molar-refractivity contribution is 5.89. The maximum atomic E-state index is 11.8. The molecule has 0 aliphatic carbocycles. The van der Waals surface area contributed by atoms with Crippen LogP contribution in [0.3, 0.4) is 0 Å². The number of hydrogen-bond donors (Lipinski definition) is 3. The molecule has 0 unspecified atom stereocenters. The lowest BCUT2D eigenvalue weighted by atomic mass is 10.1. The van der Waals surface area contributed by atoms with E-state index in [2.05, 4.69) is 17.6 Å². The van der Waals surface area contributed by atoms with Crippen LogP contribution in [-0.4, -0.2) is 17.7 Å². The van der Waals surface area contributed by atoms with Crippen molar-refractivity contribution in [2.75, 3.05) is 11.9 Å².